The highest BCUT2D eigenvalue weighted by atomic mass is 16.7. The van der Waals surface area contributed by atoms with Crippen LogP contribution in [0, 0.1) is 0 Å². The van der Waals surface area contributed by atoms with E-state index >= 15 is 0 Å². The maximum Gasteiger partial charge on any atom is 0.231 e. The molecule has 0 saturated heterocycles. The number of para-hydroxylation sites is 2. The number of carbonyl (C=O) groups excluding carboxylic acids is 1. The number of hydrogen-bond donors (Lipinski definition) is 0. The molecule has 1 atom stereocenters. The Labute approximate surface area is 152 Å². The minimum atomic E-state index is -0.163. The van der Waals surface area contributed by atoms with Crippen LogP contribution in [0.15, 0.2) is 42.5 Å². The Hall–Kier alpha value is -2.89. The van der Waals surface area contributed by atoms with Crippen molar-refractivity contribution in [1.29, 1.82) is 0 Å². The first-order chi connectivity index (χ1) is 12.7. The summed E-state index contributed by atoms with van der Waals surface area (Å²) < 4.78 is 22.3. The summed E-state index contributed by atoms with van der Waals surface area (Å²) in [7, 11) is 1.80. The van der Waals surface area contributed by atoms with E-state index in [1.807, 2.05) is 42.5 Å². The number of aryl methyl sites for hydroxylation is 1. The number of hydrogen-bond acceptors (Lipinski definition) is 5. The van der Waals surface area contributed by atoms with Crippen molar-refractivity contribution in [1.82, 2.24) is 4.90 Å². The highest BCUT2D eigenvalue weighted by Gasteiger charge is 2.23. The molecule has 2 aliphatic rings. The van der Waals surface area contributed by atoms with E-state index in [1.54, 1.807) is 11.9 Å². The van der Waals surface area contributed by atoms with Gasteiger partial charge >= 0.3 is 0 Å². The lowest BCUT2D eigenvalue weighted by atomic mass is 10.1. The summed E-state index contributed by atoms with van der Waals surface area (Å²) in [6.45, 7) is 1.19. The summed E-state index contributed by atoms with van der Waals surface area (Å²) in [5, 5.41) is 0. The van der Waals surface area contributed by atoms with Crippen molar-refractivity contribution in [2.45, 2.75) is 18.9 Å². The molecule has 0 fully saturated rings. The second-order valence-electron chi connectivity index (χ2n) is 6.46. The van der Waals surface area contributed by atoms with Gasteiger partial charge in [-0.3, -0.25) is 4.79 Å². The molecule has 6 nitrogen and oxygen atoms in total. The molecule has 26 heavy (non-hydrogen) atoms. The zero-order chi connectivity index (χ0) is 17.9. The Morgan fingerprint density at radius 3 is 2.69 bits per heavy atom. The van der Waals surface area contributed by atoms with Crippen molar-refractivity contribution in [2.75, 3.05) is 27.0 Å². The fraction of sp³-hybridized carbons (Fsp3) is 0.350. The number of fused-ring (bicyclic) bond motifs is 2. The second-order valence-corrected chi connectivity index (χ2v) is 6.46. The monoisotopic (exact) mass is 355 g/mol. The first-order valence-electron chi connectivity index (χ1n) is 8.70. The summed E-state index contributed by atoms with van der Waals surface area (Å²) >= 11 is 0. The van der Waals surface area contributed by atoms with Gasteiger partial charge in [-0.1, -0.05) is 18.2 Å². The van der Waals surface area contributed by atoms with E-state index in [-0.39, 0.29) is 18.8 Å². The third-order valence-corrected chi connectivity index (χ3v) is 4.54. The normalized spacial score (nSPS) is 17.0. The van der Waals surface area contributed by atoms with Crippen molar-refractivity contribution in [3.8, 4) is 23.0 Å². The van der Waals surface area contributed by atoms with E-state index in [2.05, 4.69) is 0 Å². The minimum absolute atomic E-state index is 0.0742. The topological polar surface area (TPSA) is 57.2 Å². The fourth-order valence-electron chi connectivity index (χ4n) is 3.10. The van der Waals surface area contributed by atoms with E-state index in [0.717, 1.165) is 28.6 Å². The van der Waals surface area contributed by atoms with Crippen molar-refractivity contribution >= 4 is 5.91 Å². The predicted molar refractivity (Wildman–Crippen MR) is 94.9 cm³/mol. The summed E-state index contributed by atoms with van der Waals surface area (Å²) in [6.07, 6.45) is 0.926. The molecule has 2 heterocycles. The van der Waals surface area contributed by atoms with Crippen LogP contribution in [-0.2, 0) is 11.2 Å². The van der Waals surface area contributed by atoms with Crippen LogP contribution in [0.2, 0.25) is 0 Å². The third-order valence-electron chi connectivity index (χ3n) is 4.54. The lowest BCUT2D eigenvalue weighted by Gasteiger charge is -2.29. The van der Waals surface area contributed by atoms with E-state index < -0.39 is 0 Å². The van der Waals surface area contributed by atoms with Crippen LogP contribution in [0.25, 0.3) is 0 Å². The zero-order valence-electron chi connectivity index (χ0n) is 14.6. The lowest BCUT2D eigenvalue weighted by Crippen LogP contribution is -2.41. The van der Waals surface area contributed by atoms with E-state index in [0.29, 0.717) is 26.0 Å². The maximum atomic E-state index is 12.4. The average molecular weight is 355 g/mol. The van der Waals surface area contributed by atoms with Gasteiger partial charge in [-0.05, 0) is 36.2 Å². The summed E-state index contributed by atoms with van der Waals surface area (Å²) in [6, 6.07) is 13.4. The molecule has 0 saturated carbocycles. The molecule has 0 spiro atoms. The van der Waals surface area contributed by atoms with Crippen LogP contribution in [0.4, 0.5) is 0 Å². The second kappa shape index (κ2) is 7.15. The number of likely N-dealkylation sites (N-methyl/N-ethyl adjacent to an activating group) is 1. The Bertz CT molecular complexity index is 807. The van der Waals surface area contributed by atoms with Gasteiger partial charge in [-0.25, -0.2) is 0 Å². The fourth-order valence-corrected chi connectivity index (χ4v) is 3.10. The molecule has 2 aliphatic heterocycles. The number of ether oxygens (including phenoxy) is 4. The van der Waals surface area contributed by atoms with Crippen molar-refractivity contribution in [3.63, 3.8) is 0 Å². The molecular weight excluding hydrogens is 334 g/mol. The quantitative estimate of drug-likeness (QED) is 0.825. The van der Waals surface area contributed by atoms with Gasteiger partial charge in [-0.2, -0.15) is 0 Å². The Balaban J connectivity index is 1.28. The van der Waals surface area contributed by atoms with E-state index in [4.69, 9.17) is 18.9 Å². The SMILES string of the molecule is CN(C[C@@H]1COc2ccccc2O1)C(=O)CCc1ccc2c(c1)OCO2. The molecule has 6 heteroatoms. The zero-order valence-corrected chi connectivity index (χ0v) is 14.6. The van der Waals surface area contributed by atoms with Gasteiger partial charge in [0.2, 0.25) is 12.7 Å². The van der Waals surface area contributed by atoms with Crippen molar-refractivity contribution < 1.29 is 23.7 Å². The molecule has 0 radical (unpaired) electrons. The van der Waals surface area contributed by atoms with Gasteiger partial charge in [-0.15, -0.1) is 0 Å². The number of carbonyl (C=O) groups is 1. The van der Waals surface area contributed by atoms with Gasteiger partial charge in [0.25, 0.3) is 0 Å². The molecule has 0 N–H and O–H groups in total. The molecule has 2 aromatic carbocycles. The molecule has 136 valence electrons. The molecule has 4 rings (SSSR count). The lowest BCUT2D eigenvalue weighted by molar-refractivity contribution is -0.131. The molecule has 0 aliphatic carbocycles. The first-order valence-corrected chi connectivity index (χ1v) is 8.70. The van der Waals surface area contributed by atoms with Gasteiger partial charge in [0, 0.05) is 13.5 Å². The van der Waals surface area contributed by atoms with Gasteiger partial charge < -0.3 is 23.8 Å². The molecule has 2 aromatic rings. The highest BCUT2D eigenvalue weighted by Crippen LogP contribution is 2.33. The summed E-state index contributed by atoms with van der Waals surface area (Å²) in [5.41, 5.74) is 1.06. The van der Waals surface area contributed by atoms with E-state index in [1.165, 1.54) is 0 Å². The average Bonchev–Trinajstić information content (AvgIpc) is 3.13. The van der Waals surface area contributed by atoms with Crippen molar-refractivity contribution in [3.05, 3.63) is 48.0 Å². The standard InChI is InChI=1S/C20H21NO5/c1-21(11-15-12-23-16-4-2-3-5-18(16)26-15)20(22)9-7-14-6-8-17-19(10-14)25-13-24-17/h2-6,8,10,15H,7,9,11-13H2,1H3/t15-/m1/s1. The summed E-state index contributed by atoms with van der Waals surface area (Å²) in [5.74, 6) is 3.05. The van der Waals surface area contributed by atoms with Crippen LogP contribution < -0.4 is 18.9 Å². The summed E-state index contributed by atoms with van der Waals surface area (Å²) in [4.78, 5) is 14.1. The number of amides is 1. The molecule has 0 unspecified atom stereocenters. The first kappa shape index (κ1) is 16.6. The molecule has 0 aromatic heterocycles. The third kappa shape index (κ3) is 3.54. The Morgan fingerprint density at radius 2 is 1.81 bits per heavy atom. The van der Waals surface area contributed by atoms with Crippen LogP contribution in [0.1, 0.15) is 12.0 Å². The van der Waals surface area contributed by atoms with Gasteiger partial charge in [0.05, 0.1) is 6.54 Å². The maximum absolute atomic E-state index is 12.4. The number of rotatable bonds is 5. The smallest absolute Gasteiger partial charge is 0.231 e. The highest BCUT2D eigenvalue weighted by molar-refractivity contribution is 5.76. The minimum Gasteiger partial charge on any atom is -0.486 e. The van der Waals surface area contributed by atoms with Crippen molar-refractivity contribution in [2.24, 2.45) is 0 Å². The van der Waals surface area contributed by atoms with Gasteiger partial charge in [0.1, 0.15) is 6.61 Å². The Kier molecular flexibility index (Phi) is 4.56. The molecular formula is C20H21NO5. The number of nitrogens with zero attached hydrogens (tertiary/aromatic N) is 1. The van der Waals surface area contributed by atoms with Crippen LogP contribution in [-0.4, -0.2) is 43.9 Å². The number of benzene rings is 2. The molecule has 0 bridgehead atoms. The van der Waals surface area contributed by atoms with Crippen LogP contribution >= 0.6 is 0 Å². The van der Waals surface area contributed by atoms with E-state index in [9.17, 15) is 4.79 Å². The Morgan fingerprint density at radius 1 is 1.04 bits per heavy atom. The van der Waals surface area contributed by atoms with Crippen LogP contribution in [0.5, 0.6) is 23.0 Å². The van der Waals surface area contributed by atoms with Gasteiger partial charge in [0.15, 0.2) is 29.1 Å². The molecule has 1 amide bonds. The predicted octanol–water partition coefficient (Wildman–Crippen LogP) is 2.65. The largest absolute Gasteiger partial charge is 0.486 e. The van der Waals surface area contributed by atoms with Crippen LogP contribution in [0.3, 0.4) is 0 Å².